The van der Waals surface area contributed by atoms with Gasteiger partial charge in [-0.3, -0.25) is 39.2 Å². The molecule has 0 bridgehead atoms. The molecule has 0 radical (unpaired) electrons. The summed E-state index contributed by atoms with van der Waals surface area (Å²) >= 11 is 0. The Morgan fingerprint density at radius 2 is 0.609 bits per heavy atom. The van der Waals surface area contributed by atoms with Crippen molar-refractivity contribution in [3.63, 3.8) is 0 Å². The van der Waals surface area contributed by atoms with Crippen molar-refractivity contribution in [3.05, 3.63) is 70.8 Å². The maximum atomic E-state index is 15.0. The second kappa shape index (κ2) is 7.90. The van der Waals surface area contributed by atoms with Crippen molar-refractivity contribution in [2.45, 2.75) is 100 Å². The van der Waals surface area contributed by atoms with Gasteiger partial charge in [0.25, 0.3) is 0 Å². The molecule has 2 aromatic rings. The lowest BCUT2D eigenvalue weighted by Crippen LogP contribution is -2.76. The zero-order valence-corrected chi connectivity index (χ0v) is 25.7. The fraction of sp³-hybridized carbons (Fsp3) is 0.529. The minimum absolute atomic E-state index is 0.0483. The molecular formula is C34H36N8O4. The molecule has 4 spiro atoms. The van der Waals surface area contributed by atoms with Gasteiger partial charge >= 0.3 is 24.1 Å². The van der Waals surface area contributed by atoms with E-state index in [4.69, 9.17) is 0 Å². The summed E-state index contributed by atoms with van der Waals surface area (Å²) in [5, 5.41) is 0. The molecule has 7 fully saturated rings. The van der Waals surface area contributed by atoms with Gasteiger partial charge in [0, 0.05) is 0 Å². The summed E-state index contributed by atoms with van der Waals surface area (Å²) in [6, 6.07) is 15.7. The van der Waals surface area contributed by atoms with Crippen LogP contribution in [0.4, 0.5) is 19.2 Å². The van der Waals surface area contributed by atoms with Gasteiger partial charge in [-0.2, -0.15) is 0 Å². The van der Waals surface area contributed by atoms with Crippen molar-refractivity contribution in [1.29, 1.82) is 0 Å². The summed E-state index contributed by atoms with van der Waals surface area (Å²) in [5.41, 5.74) is 0.442. The Kier molecular flexibility index (Phi) is 4.41. The van der Waals surface area contributed by atoms with Crippen LogP contribution in [-0.4, -0.2) is 99.3 Å². The number of carbonyl (C=O) groups excluding carboxylic acids is 4. The lowest BCUT2D eigenvalue weighted by Gasteiger charge is -2.58. The van der Waals surface area contributed by atoms with Crippen LogP contribution in [0.2, 0.25) is 0 Å². The maximum absolute atomic E-state index is 15.0. The molecular weight excluding hydrogens is 584 g/mol. The normalized spacial score (nSPS) is 36.5. The molecule has 5 saturated heterocycles. The first-order valence-corrected chi connectivity index (χ1v) is 16.9. The zero-order valence-electron chi connectivity index (χ0n) is 25.7. The summed E-state index contributed by atoms with van der Waals surface area (Å²) in [6.45, 7) is 1.74. The molecule has 7 aliphatic heterocycles. The van der Waals surface area contributed by atoms with Gasteiger partial charge in [-0.15, -0.1) is 0 Å². The van der Waals surface area contributed by atoms with Crippen LogP contribution in [0.5, 0.6) is 0 Å². The van der Waals surface area contributed by atoms with Crippen LogP contribution < -0.4 is 0 Å². The Hall–Kier alpha value is -4.48. The highest BCUT2D eigenvalue weighted by atomic mass is 16.2. The standard InChI is InChI=1S/C34H36N8O4/c43-27-35-17-23-9-1-2-10-24(23)18-36-28(44)40-22-42-30(46)38-20-26-12-4-3-11-25(26)19-37-29(45)41(34(42)16-8-6-14-32(34,37)38)21-39(27)33(40)15-7-5-13-31(33,35)36/h1-4,9-12H,5-8,13-22H2. The van der Waals surface area contributed by atoms with Crippen molar-refractivity contribution in [3.8, 4) is 0 Å². The first-order chi connectivity index (χ1) is 22.4. The Bertz CT molecular complexity index is 1580. The van der Waals surface area contributed by atoms with Gasteiger partial charge in [-0.25, -0.2) is 19.2 Å². The van der Waals surface area contributed by atoms with Crippen LogP contribution in [0.25, 0.3) is 0 Å². The number of benzene rings is 2. The van der Waals surface area contributed by atoms with E-state index in [1.165, 1.54) is 0 Å². The van der Waals surface area contributed by atoms with Crippen LogP contribution in [0.1, 0.15) is 73.6 Å². The third-order valence-electron chi connectivity index (χ3n) is 13.4. The largest absolute Gasteiger partial charge is 0.325 e. The average molecular weight is 621 g/mol. The second-order valence-electron chi connectivity index (χ2n) is 14.7. The number of hydrogen-bond donors (Lipinski definition) is 0. The molecule has 2 aromatic carbocycles. The van der Waals surface area contributed by atoms with Gasteiger partial charge in [0.15, 0.2) is 22.7 Å². The fourth-order valence-corrected chi connectivity index (χ4v) is 11.7. The number of urea groups is 4. The van der Waals surface area contributed by atoms with Crippen LogP contribution in [0.15, 0.2) is 48.5 Å². The van der Waals surface area contributed by atoms with Gasteiger partial charge in [0.1, 0.15) is 13.3 Å². The molecule has 8 amide bonds. The number of rotatable bonds is 0. The van der Waals surface area contributed by atoms with E-state index in [0.717, 1.165) is 47.9 Å². The van der Waals surface area contributed by atoms with E-state index in [2.05, 4.69) is 24.3 Å². The first kappa shape index (κ1) is 25.7. The van der Waals surface area contributed by atoms with Crippen molar-refractivity contribution >= 4 is 24.1 Å². The molecule has 0 N–H and O–H groups in total. The molecule has 2 saturated carbocycles. The van der Waals surface area contributed by atoms with Crippen molar-refractivity contribution in [1.82, 2.24) is 39.2 Å². The Morgan fingerprint density at radius 1 is 0.370 bits per heavy atom. The van der Waals surface area contributed by atoms with E-state index in [0.29, 0.717) is 51.9 Å². The number of carbonyl (C=O) groups is 4. The van der Waals surface area contributed by atoms with Crippen molar-refractivity contribution in [2.24, 2.45) is 0 Å². The van der Waals surface area contributed by atoms with Crippen LogP contribution in [0, 0.1) is 0 Å². The zero-order chi connectivity index (χ0) is 30.8. The lowest BCUT2D eigenvalue weighted by atomic mass is 9.76. The topological polar surface area (TPSA) is 94.2 Å². The summed E-state index contributed by atoms with van der Waals surface area (Å²) in [4.78, 5) is 75.4. The van der Waals surface area contributed by atoms with E-state index < -0.39 is 22.7 Å². The molecule has 236 valence electrons. The van der Waals surface area contributed by atoms with E-state index in [1.54, 1.807) is 0 Å². The molecule has 11 rings (SSSR count). The molecule has 12 heteroatoms. The maximum Gasteiger partial charge on any atom is 0.325 e. The van der Waals surface area contributed by atoms with Gasteiger partial charge in [-0.05, 0) is 73.6 Å². The smallest absolute Gasteiger partial charge is 0.293 e. The Morgan fingerprint density at radius 3 is 0.870 bits per heavy atom. The van der Waals surface area contributed by atoms with E-state index in [1.807, 2.05) is 63.5 Å². The predicted octanol–water partition coefficient (Wildman–Crippen LogP) is 4.23. The van der Waals surface area contributed by atoms with E-state index in [-0.39, 0.29) is 37.5 Å². The monoisotopic (exact) mass is 620 g/mol. The number of amides is 8. The van der Waals surface area contributed by atoms with Gasteiger partial charge in [0.05, 0.1) is 26.2 Å². The van der Waals surface area contributed by atoms with Gasteiger partial charge in [-0.1, -0.05) is 48.5 Å². The number of nitrogens with zero attached hydrogens (tertiary/aromatic N) is 8. The quantitative estimate of drug-likeness (QED) is 0.441. The lowest BCUT2D eigenvalue weighted by molar-refractivity contribution is -0.166. The Labute approximate surface area is 266 Å². The molecule has 12 nitrogen and oxygen atoms in total. The second-order valence-corrected chi connectivity index (χ2v) is 14.7. The Balaban J connectivity index is 1.15. The molecule has 7 heterocycles. The van der Waals surface area contributed by atoms with Crippen molar-refractivity contribution < 1.29 is 19.2 Å². The average Bonchev–Trinajstić information content (AvgIpc) is 3.45. The highest BCUT2D eigenvalue weighted by Crippen LogP contribution is 2.65. The molecule has 9 aliphatic rings. The SMILES string of the molecule is O=C1N2Cc3ccccc3CN3C(=O)N4CN5C(=O)N6Cc7ccccc7CN7C(=O)N(CN1C41CCCCC231)C51CCCCC761. The summed E-state index contributed by atoms with van der Waals surface area (Å²) in [6.07, 6.45) is 6.04. The summed E-state index contributed by atoms with van der Waals surface area (Å²) in [5.74, 6) is 0. The van der Waals surface area contributed by atoms with Crippen LogP contribution in [-0.2, 0) is 26.2 Å². The fourth-order valence-electron chi connectivity index (χ4n) is 11.7. The molecule has 0 aromatic heterocycles. The molecule has 2 aliphatic carbocycles. The minimum Gasteiger partial charge on any atom is -0.293 e. The highest BCUT2D eigenvalue weighted by Gasteiger charge is 2.85. The molecule has 0 unspecified atom stereocenters. The first-order valence-electron chi connectivity index (χ1n) is 16.9. The summed E-state index contributed by atoms with van der Waals surface area (Å²) < 4.78 is 0. The van der Waals surface area contributed by atoms with Gasteiger partial charge in [0.2, 0.25) is 0 Å². The predicted molar refractivity (Wildman–Crippen MR) is 162 cm³/mol. The van der Waals surface area contributed by atoms with Gasteiger partial charge < -0.3 is 0 Å². The number of hydrogen-bond acceptors (Lipinski definition) is 4. The minimum atomic E-state index is -0.995. The third kappa shape index (κ3) is 2.36. The third-order valence-corrected chi connectivity index (χ3v) is 13.4. The highest BCUT2D eigenvalue weighted by molar-refractivity contribution is 5.93. The summed E-state index contributed by atoms with van der Waals surface area (Å²) in [7, 11) is 0. The molecule has 0 atom stereocenters. The van der Waals surface area contributed by atoms with Crippen molar-refractivity contribution in [2.75, 3.05) is 13.3 Å². The molecule has 46 heavy (non-hydrogen) atoms. The van der Waals surface area contributed by atoms with E-state index >= 15 is 19.2 Å². The van der Waals surface area contributed by atoms with Crippen LogP contribution in [0.3, 0.4) is 0 Å². The van der Waals surface area contributed by atoms with Crippen LogP contribution >= 0.6 is 0 Å². The van der Waals surface area contributed by atoms with E-state index in [9.17, 15) is 0 Å². The number of fused-ring (bicyclic) bond motifs is 2.